The Morgan fingerprint density at radius 2 is 1.88 bits per heavy atom. The van der Waals surface area contributed by atoms with Crippen LogP contribution in [0.3, 0.4) is 0 Å². The van der Waals surface area contributed by atoms with Crippen LogP contribution >= 0.6 is 0 Å². The third-order valence-electron chi connectivity index (χ3n) is 5.25. The van der Waals surface area contributed by atoms with Crippen molar-refractivity contribution in [2.45, 2.75) is 13.2 Å². The highest BCUT2D eigenvalue weighted by atomic mass is 16.6. The Labute approximate surface area is 193 Å². The van der Waals surface area contributed by atoms with Crippen molar-refractivity contribution in [3.05, 3.63) is 87.2 Å². The molecule has 2 aromatic rings. The molecule has 1 fully saturated rings. The number of hydrogen-bond acceptors (Lipinski definition) is 8. The Balaban J connectivity index is 1.76. The van der Waals surface area contributed by atoms with Crippen LogP contribution in [0.1, 0.15) is 22.8 Å². The number of likely N-dealkylation sites (N-methyl/N-ethyl adjacent to an activating group) is 1. The van der Waals surface area contributed by atoms with Crippen LogP contribution in [-0.2, 0) is 14.4 Å². The van der Waals surface area contributed by atoms with Gasteiger partial charge in [0.15, 0.2) is 6.29 Å². The van der Waals surface area contributed by atoms with Crippen molar-refractivity contribution in [3.8, 4) is 5.75 Å². The number of esters is 1. The van der Waals surface area contributed by atoms with Crippen molar-refractivity contribution >= 4 is 35.3 Å². The Morgan fingerprint density at radius 3 is 2.59 bits per heavy atom. The molecule has 0 bridgehead atoms. The first-order valence-corrected chi connectivity index (χ1v) is 10.0. The van der Waals surface area contributed by atoms with Gasteiger partial charge in [0.2, 0.25) is 11.7 Å². The summed E-state index contributed by atoms with van der Waals surface area (Å²) >= 11 is 0. The number of hydrogen-bond donors (Lipinski definition) is 1. The summed E-state index contributed by atoms with van der Waals surface area (Å²) in [5.74, 6) is -2.55. The molecular formula is C23H18N4O7. The van der Waals surface area contributed by atoms with E-state index in [4.69, 9.17) is 4.74 Å². The number of non-ortho nitro benzene ring substituents is 1. The molecular weight excluding hydrogens is 444 g/mol. The number of Topliss-reactive ketones (excluding diaryl/α,β-unsaturated/α-hetero) is 1. The van der Waals surface area contributed by atoms with Gasteiger partial charge in [-0.05, 0) is 23.8 Å². The second kappa shape index (κ2) is 8.62. The van der Waals surface area contributed by atoms with E-state index >= 15 is 0 Å². The molecule has 2 heterocycles. The number of ether oxygens (including phenoxy) is 1. The number of carbonyl (C=O) groups is 4. The molecule has 2 aliphatic rings. The SMILES string of the molecule is CC(=O)N[C@H]1N(/C=C2\C(=O)Oc3ccccc3C2=O)C(=O)/C(=C/c2cccc([N+](=O)[O-])c2)N1C. The van der Waals surface area contributed by atoms with E-state index in [1.54, 1.807) is 18.2 Å². The van der Waals surface area contributed by atoms with E-state index < -0.39 is 34.8 Å². The molecule has 172 valence electrons. The summed E-state index contributed by atoms with van der Waals surface area (Å²) in [6, 6.07) is 11.9. The average Bonchev–Trinajstić information content (AvgIpc) is 3.00. The molecule has 1 saturated heterocycles. The van der Waals surface area contributed by atoms with Gasteiger partial charge in [-0.15, -0.1) is 0 Å². The van der Waals surface area contributed by atoms with Crippen LogP contribution in [-0.4, -0.2) is 51.6 Å². The zero-order chi connectivity index (χ0) is 24.6. The number of rotatable bonds is 4. The highest BCUT2D eigenvalue weighted by Crippen LogP contribution is 2.30. The molecule has 1 atom stereocenters. The smallest absolute Gasteiger partial charge is 0.349 e. The molecule has 11 heteroatoms. The van der Waals surface area contributed by atoms with Crippen molar-refractivity contribution in [2.24, 2.45) is 0 Å². The summed E-state index contributed by atoms with van der Waals surface area (Å²) in [6.45, 7) is 1.25. The number of nitrogens with zero attached hydrogens (tertiary/aromatic N) is 3. The number of benzene rings is 2. The van der Waals surface area contributed by atoms with Gasteiger partial charge in [0.25, 0.3) is 11.6 Å². The maximum Gasteiger partial charge on any atom is 0.349 e. The second-order valence-corrected chi connectivity index (χ2v) is 7.54. The quantitative estimate of drug-likeness (QED) is 0.181. The van der Waals surface area contributed by atoms with Crippen molar-refractivity contribution in [2.75, 3.05) is 7.05 Å². The minimum atomic E-state index is -1.06. The molecule has 2 aliphatic heterocycles. The van der Waals surface area contributed by atoms with E-state index in [0.29, 0.717) is 5.56 Å². The number of ketones is 1. The number of nitro benzene ring substituents is 1. The lowest BCUT2D eigenvalue weighted by atomic mass is 10.0. The number of carbonyl (C=O) groups excluding carboxylic acids is 4. The standard InChI is InChI=1S/C23H18N4O7/c1-13(28)24-23-25(2)18(11-14-6-5-7-15(10-14)27(32)33)21(30)26(23)12-17-20(29)16-8-3-4-9-19(16)34-22(17)31/h3-12,23H,1-2H3,(H,24,28)/b17-12-,18-11-/t23-/m1/s1. The topological polar surface area (TPSA) is 139 Å². The molecule has 0 aromatic heterocycles. The van der Waals surface area contributed by atoms with Gasteiger partial charge in [-0.2, -0.15) is 0 Å². The lowest BCUT2D eigenvalue weighted by Crippen LogP contribution is -2.49. The van der Waals surface area contributed by atoms with E-state index in [9.17, 15) is 29.3 Å². The number of amides is 2. The summed E-state index contributed by atoms with van der Waals surface area (Å²) in [5.41, 5.74) is 0.0777. The number of nitrogens with one attached hydrogen (secondary N) is 1. The van der Waals surface area contributed by atoms with Crippen LogP contribution < -0.4 is 10.1 Å². The Bertz CT molecular complexity index is 1310. The number of fused-ring (bicyclic) bond motifs is 1. The van der Waals surface area contributed by atoms with Gasteiger partial charge in [0.1, 0.15) is 17.0 Å². The monoisotopic (exact) mass is 462 g/mol. The van der Waals surface area contributed by atoms with Crippen LogP contribution in [0.5, 0.6) is 5.75 Å². The summed E-state index contributed by atoms with van der Waals surface area (Å²) in [7, 11) is 1.52. The Kier molecular flexibility index (Phi) is 5.68. The second-order valence-electron chi connectivity index (χ2n) is 7.54. The van der Waals surface area contributed by atoms with Gasteiger partial charge in [-0.25, -0.2) is 4.79 Å². The first-order valence-electron chi connectivity index (χ1n) is 10.0. The Morgan fingerprint density at radius 1 is 1.15 bits per heavy atom. The molecule has 11 nitrogen and oxygen atoms in total. The highest BCUT2D eigenvalue weighted by molar-refractivity contribution is 6.27. The maximum atomic E-state index is 13.3. The number of para-hydroxylation sites is 1. The molecule has 2 amide bonds. The summed E-state index contributed by atoms with van der Waals surface area (Å²) < 4.78 is 5.22. The van der Waals surface area contributed by atoms with Crippen LogP contribution in [0.15, 0.2) is 66.0 Å². The molecule has 1 N–H and O–H groups in total. The predicted molar refractivity (Wildman–Crippen MR) is 118 cm³/mol. The summed E-state index contributed by atoms with van der Waals surface area (Å²) in [5, 5.41) is 13.7. The molecule has 0 aliphatic carbocycles. The molecule has 2 aromatic carbocycles. The van der Waals surface area contributed by atoms with Crippen molar-refractivity contribution < 1.29 is 28.8 Å². The van der Waals surface area contributed by atoms with Crippen LogP contribution in [0.25, 0.3) is 6.08 Å². The lowest BCUT2D eigenvalue weighted by molar-refractivity contribution is -0.384. The molecule has 0 unspecified atom stereocenters. The van der Waals surface area contributed by atoms with E-state index in [2.05, 4.69) is 5.32 Å². The van der Waals surface area contributed by atoms with Crippen molar-refractivity contribution in [3.63, 3.8) is 0 Å². The van der Waals surface area contributed by atoms with Crippen LogP contribution in [0.4, 0.5) is 5.69 Å². The van der Waals surface area contributed by atoms with E-state index in [1.807, 2.05) is 0 Å². The maximum absolute atomic E-state index is 13.3. The van der Waals surface area contributed by atoms with Crippen LogP contribution in [0.2, 0.25) is 0 Å². The zero-order valence-electron chi connectivity index (χ0n) is 18.1. The summed E-state index contributed by atoms with van der Waals surface area (Å²) in [6.07, 6.45) is 1.41. The fourth-order valence-corrected chi connectivity index (χ4v) is 3.63. The van der Waals surface area contributed by atoms with E-state index in [-0.39, 0.29) is 28.3 Å². The molecule has 0 saturated carbocycles. The van der Waals surface area contributed by atoms with Crippen LogP contribution in [0, 0.1) is 10.1 Å². The van der Waals surface area contributed by atoms with E-state index in [0.717, 1.165) is 11.1 Å². The predicted octanol–water partition coefficient (Wildman–Crippen LogP) is 1.82. The third-order valence-corrected chi connectivity index (χ3v) is 5.25. The lowest BCUT2D eigenvalue weighted by Gasteiger charge is -2.27. The molecule has 34 heavy (non-hydrogen) atoms. The first-order chi connectivity index (χ1) is 16.2. The number of nitro groups is 1. The van der Waals surface area contributed by atoms with Gasteiger partial charge in [-0.1, -0.05) is 24.3 Å². The zero-order valence-corrected chi connectivity index (χ0v) is 18.1. The minimum Gasteiger partial charge on any atom is -0.422 e. The van der Waals surface area contributed by atoms with Gasteiger partial charge in [-0.3, -0.25) is 29.4 Å². The Hall–Kier alpha value is -4.80. The normalized spacial score (nSPS) is 19.9. The van der Waals surface area contributed by atoms with Crippen molar-refractivity contribution in [1.82, 2.24) is 15.1 Å². The fraction of sp³-hybridized carbons (Fsp3) is 0.130. The molecule has 0 radical (unpaired) electrons. The van der Waals surface area contributed by atoms with Gasteiger partial charge in [0, 0.05) is 32.3 Å². The molecule has 4 rings (SSSR count). The minimum absolute atomic E-state index is 0.0770. The third kappa shape index (κ3) is 4.01. The summed E-state index contributed by atoms with van der Waals surface area (Å²) in [4.78, 5) is 63.5. The van der Waals surface area contributed by atoms with Gasteiger partial charge < -0.3 is 15.0 Å². The van der Waals surface area contributed by atoms with Crippen molar-refractivity contribution in [1.29, 1.82) is 0 Å². The molecule has 0 spiro atoms. The van der Waals surface area contributed by atoms with Gasteiger partial charge in [0.05, 0.1) is 10.5 Å². The fourth-order valence-electron chi connectivity index (χ4n) is 3.63. The average molecular weight is 462 g/mol. The highest BCUT2D eigenvalue weighted by Gasteiger charge is 2.41. The van der Waals surface area contributed by atoms with E-state index in [1.165, 1.54) is 55.3 Å². The largest absolute Gasteiger partial charge is 0.422 e. The first kappa shape index (κ1) is 22.4. The van der Waals surface area contributed by atoms with Gasteiger partial charge >= 0.3 is 5.97 Å².